The molecule has 0 aromatic carbocycles. The number of amides is 1. The topological polar surface area (TPSA) is 137 Å². The lowest BCUT2D eigenvalue weighted by molar-refractivity contribution is -0.142. The molecule has 0 radical (unpaired) electrons. The Balaban J connectivity index is 1.57. The molecule has 4 aromatic rings. The summed E-state index contributed by atoms with van der Waals surface area (Å²) in [5.74, 6) is -0.749. The number of aliphatic imine (C=N–C) groups is 1. The second-order valence-electron chi connectivity index (χ2n) is 7.34. The molecule has 0 aliphatic carbocycles. The Morgan fingerprint density at radius 2 is 1.89 bits per heavy atom. The lowest BCUT2D eigenvalue weighted by atomic mass is 10.1. The van der Waals surface area contributed by atoms with Crippen LogP contribution in [0.4, 0.5) is 19.0 Å². The maximum atomic E-state index is 13.7. The Hall–Kier alpha value is -5.20. The zero-order valence-corrected chi connectivity index (χ0v) is 19.0. The highest BCUT2D eigenvalue weighted by Gasteiger charge is 2.37. The van der Waals surface area contributed by atoms with Crippen LogP contribution in [0.2, 0.25) is 0 Å². The Bertz CT molecular complexity index is 1480. The molecule has 37 heavy (non-hydrogen) atoms. The van der Waals surface area contributed by atoms with Crippen LogP contribution in [0.15, 0.2) is 85.2 Å². The van der Waals surface area contributed by atoms with E-state index in [1.165, 1.54) is 61.6 Å². The number of carbonyl (C=O) groups excluding carboxylic acids is 1. The number of alkyl halides is 3. The molecule has 0 spiro atoms. The lowest BCUT2D eigenvalue weighted by Crippen LogP contribution is -2.16. The number of nitrogens with zero attached hydrogens (tertiary/aromatic N) is 7. The van der Waals surface area contributed by atoms with Gasteiger partial charge in [0.05, 0.1) is 11.3 Å². The minimum absolute atomic E-state index is 0.00941. The summed E-state index contributed by atoms with van der Waals surface area (Å²) < 4.78 is 41.7. The molecule has 0 atom stereocenters. The third-order valence-electron chi connectivity index (χ3n) is 4.90. The van der Waals surface area contributed by atoms with Gasteiger partial charge >= 0.3 is 6.18 Å². The van der Waals surface area contributed by atoms with Crippen molar-refractivity contribution in [1.29, 1.82) is 0 Å². The van der Waals surface area contributed by atoms with Gasteiger partial charge in [-0.1, -0.05) is 6.58 Å². The van der Waals surface area contributed by atoms with Gasteiger partial charge in [-0.2, -0.15) is 18.3 Å². The number of hydrogen-bond acceptors (Lipinski definition) is 8. The molecule has 4 heterocycles. The summed E-state index contributed by atoms with van der Waals surface area (Å²) in [4.78, 5) is 24.5. The molecular weight excluding hydrogens is 487 g/mol. The van der Waals surface area contributed by atoms with Crippen molar-refractivity contribution in [2.75, 3.05) is 5.32 Å². The Labute approximate surface area is 208 Å². The van der Waals surface area contributed by atoms with E-state index < -0.39 is 17.8 Å². The molecule has 0 saturated carbocycles. The van der Waals surface area contributed by atoms with Crippen molar-refractivity contribution in [3.8, 4) is 17.1 Å². The number of rotatable bonds is 7. The van der Waals surface area contributed by atoms with Gasteiger partial charge in [-0.15, -0.1) is 10.2 Å². The van der Waals surface area contributed by atoms with E-state index in [9.17, 15) is 18.0 Å². The fourth-order valence-corrected chi connectivity index (χ4v) is 3.18. The SMILES string of the molecule is C=C/N=C\C(=C/N)c1cncc(C(=O)Nc2ccc(-n3nc(-c4cccnc4)cc3C(F)(F)F)nn2)c1. The van der Waals surface area contributed by atoms with Crippen LogP contribution in [0.1, 0.15) is 21.6 Å². The second kappa shape index (κ2) is 10.6. The molecule has 0 fully saturated rings. The summed E-state index contributed by atoms with van der Waals surface area (Å²) in [5.41, 5.74) is 6.27. The zero-order valence-electron chi connectivity index (χ0n) is 19.0. The van der Waals surface area contributed by atoms with Gasteiger partial charge in [0.2, 0.25) is 0 Å². The van der Waals surface area contributed by atoms with Crippen molar-refractivity contribution < 1.29 is 18.0 Å². The second-order valence-corrected chi connectivity index (χ2v) is 7.34. The third-order valence-corrected chi connectivity index (χ3v) is 4.90. The van der Waals surface area contributed by atoms with E-state index in [1.807, 2.05) is 0 Å². The number of hydrogen-bond donors (Lipinski definition) is 2. The van der Waals surface area contributed by atoms with Crippen molar-refractivity contribution in [2.45, 2.75) is 6.18 Å². The Morgan fingerprint density at radius 1 is 1.08 bits per heavy atom. The fraction of sp³-hybridized carbons (Fsp3) is 0.0417. The number of allylic oxidation sites excluding steroid dienone is 1. The standard InChI is InChI=1S/C24H18F3N9O/c1-2-29-14-18(10-28)16-8-17(13-31-12-16)23(37)32-21-5-6-22(34-33-21)36-20(24(25,26)27)9-19(35-36)15-4-3-7-30-11-15/h2-14H,1,28H2,(H,32,33,37)/b18-10+,29-14-. The number of anilines is 1. The average molecular weight is 505 g/mol. The molecule has 0 aliphatic rings. The predicted octanol–water partition coefficient (Wildman–Crippen LogP) is 3.90. The number of nitrogens with one attached hydrogen (secondary N) is 1. The normalized spacial score (nSPS) is 12.0. The molecule has 186 valence electrons. The van der Waals surface area contributed by atoms with Gasteiger partial charge < -0.3 is 11.1 Å². The van der Waals surface area contributed by atoms with Crippen LogP contribution in [0, 0.1) is 0 Å². The Kier molecular flexibility index (Phi) is 7.14. The van der Waals surface area contributed by atoms with Crippen LogP contribution in [-0.4, -0.2) is 42.1 Å². The first-order valence-electron chi connectivity index (χ1n) is 10.5. The molecular formula is C24H18F3N9O. The molecule has 0 aliphatic heterocycles. The largest absolute Gasteiger partial charge is 0.433 e. The van der Waals surface area contributed by atoms with E-state index in [4.69, 9.17) is 5.73 Å². The molecule has 0 unspecified atom stereocenters. The monoisotopic (exact) mass is 505 g/mol. The quantitative estimate of drug-likeness (QED) is 0.364. The van der Waals surface area contributed by atoms with Gasteiger partial charge in [-0.3, -0.25) is 19.8 Å². The molecule has 3 N–H and O–H groups in total. The first-order valence-corrected chi connectivity index (χ1v) is 10.5. The van der Waals surface area contributed by atoms with Gasteiger partial charge in [-0.05, 0) is 36.4 Å². The molecule has 0 saturated heterocycles. The van der Waals surface area contributed by atoms with Crippen molar-refractivity contribution >= 4 is 23.5 Å². The minimum atomic E-state index is -4.70. The first kappa shape index (κ1) is 24.9. The number of pyridine rings is 2. The fourth-order valence-electron chi connectivity index (χ4n) is 3.18. The summed E-state index contributed by atoms with van der Waals surface area (Å²) >= 11 is 0. The predicted molar refractivity (Wildman–Crippen MR) is 130 cm³/mol. The molecule has 4 aromatic heterocycles. The maximum Gasteiger partial charge on any atom is 0.433 e. The number of nitrogens with two attached hydrogens (primary N) is 1. The number of halogens is 3. The van der Waals surface area contributed by atoms with Gasteiger partial charge in [0, 0.05) is 60.1 Å². The van der Waals surface area contributed by atoms with E-state index in [1.54, 1.807) is 12.1 Å². The molecule has 4 rings (SSSR count). The summed E-state index contributed by atoms with van der Waals surface area (Å²) in [5, 5.41) is 14.2. The number of aromatic nitrogens is 6. The van der Waals surface area contributed by atoms with Crippen LogP contribution in [-0.2, 0) is 6.18 Å². The average Bonchev–Trinajstić information content (AvgIpc) is 3.37. The summed E-state index contributed by atoms with van der Waals surface area (Å²) in [6.45, 7) is 3.49. The first-order chi connectivity index (χ1) is 17.8. The van der Waals surface area contributed by atoms with Crippen molar-refractivity contribution in [1.82, 2.24) is 29.9 Å². The molecule has 13 heteroatoms. The van der Waals surface area contributed by atoms with E-state index >= 15 is 0 Å². The van der Waals surface area contributed by atoms with E-state index in [0.717, 1.165) is 6.07 Å². The van der Waals surface area contributed by atoms with Crippen LogP contribution in [0.3, 0.4) is 0 Å². The highest BCUT2D eigenvalue weighted by molar-refractivity contribution is 6.11. The molecule has 0 bridgehead atoms. The van der Waals surface area contributed by atoms with E-state index in [2.05, 4.69) is 42.2 Å². The molecule has 1 amide bonds. The summed E-state index contributed by atoms with van der Waals surface area (Å²) in [6.07, 6.45) is 5.13. The van der Waals surface area contributed by atoms with Crippen LogP contribution in [0.5, 0.6) is 0 Å². The number of carbonyl (C=O) groups is 1. The van der Waals surface area contributed by atoms with E-state index in [-0.39, 0.29) is 22.9 Å². The van der Waals surface area contributed by atoms with Crippen LogP contribution in [0.25, 0.3) is 22.6 Å². The van der Waals surface area contributed by atoms with Crippen molar-refractivity contribution in [3.05, 3.63) is 97.0 Å². The summed E-state index contributed by atoms with van der Waals surface area (Å²) in [6, 6.07) is 8.19. The van der Waals surface area contributed by atoms with Gasteiger partial charge in [-0.25, -0.2) is 4.68 Å². The highest BCUT2D eigenvalue weighted by atomic mass is 19.4. The minimum Gasteiger partial charge on any atom is -0.404 e. The van der Waals surface area contributed by atoms with Gasteiger partial charge in [0.15, 0.2) is 17.3 Å². The van der Waals surface area contributed by atoms with E-state index in [0.29, 0.717) is 21.4 Å². The van der Waals surface area contributed by atoms with Crippen molar-refractivity contribution in [2.24, 2.45) is 10.7 Å². The lowest BCUT2D eigenvalue weighted by Gasteiger charge is -2.10. The van der Waals surface area contributed by atoms with Gasteiger partial charge in [0.1, 0.15) is 0 Å². The van der Waals surface area contributed by atoms with Crippen LogP contribution < -0.4 is 11.1 Å². The summed E-state index contributed by atoms with van der Waals surface area (Å²) in [7, 11) is 0. The highest BCUT2D eigenvalue weighted by Crippen LogP contribution is 2.33. The van der Waals surface area contributed by atoms with Crippen molar-refractivity contribution in [3.63, 3.8) is 0 Å². The smallest absolute Gasteiger partial charge is 0.404 e. The van der Waals surface area contributed by atoms with Gasteiger partial charge in [0.25, 0.3) is 5.91 Å². The third kappa shape index (κ3) is 5.73. The molecule has 10 nitrogen and oxygen atoms in total. The maximum absolute atomic E-state index is 13.7. The zero-order chi connectivity index (χ0) is 26.4. The Morgan fingerprint density at radius 3 is 2.54 bits per heavy atom. The van der Waals surface area contributed by atoms with Crippen LogP contribution >= 0.6 is 0 Å².